The molecule has 6 atom stereocenters. The lowest BCUT2D eigenvalue weighted by Crippen LogP contribution is -2.57. The zero-order valence-corrected chi connectivity index (χ0v) is 46.4. The summed E-state index contributed by atoms with van der Waals surface area (Å²) in [4.78, 5) is 52.8. The first kappa shape index (κ1) is 58.3. The first-order chi connectivity index (χ1) is 36.5. The Labute approximate surface area is 447 Å². The van der Waals surface area contributed by atoms with Gasteiger partial charge in [0.25, 0.3) is 0 Å². The van der Waals surface area contributed by atoms with Gasteiger partial charge in [-0.15, -0.1) is 0 Å². The number of nitrogens with zero attached hydrogens (tertiary/aromatic N) is 2. The van der Waals surface area contributed by atoms with E-state index in [2.05, 4.69) is 14.1 Å². The quantitative estimate of drug-likeness (QED) is 0.0247. The van der Waals surface area contributed by atoms with Crippen LogP contribution in [0.25, 0.3) is 0 Å². The molecule has 18 nitrogen and oxygen atoms in total. The number of likely N-dealkylation sites (N-methyl/N-ethyl adjacent to an activating group) is 2. The van der Waals surface area contributed by atoms with Crippen LogP contribution in [0.1, 0.15) is 85.0 Å². The Kier molecular flexibility index (Phi) is 20.5. The van der Waals surface area contributed by atoms with Crippen LogP contribution in [0.15, 0.2) is 60.7 Å². The topological polar surface area (TPSA) is 179 Å². The number of carbonyl (C=O) groups is 4. The van der Waals surface area contributed by atoms with Gasteiger partial charge in [0.2, 0.25) is 12.2 Å². The molecule has 76 heavy (non-hydrogen) atoms. The van der Waals surface area contributed by atoms with E-state index in [1.54, 1.807) is 56.9 Å². The summed E-state index contributed by atoms with van der Waals surface area (Å²) in [6.07, 6.45) is 2.53. The van der Waals surface area contributed by atoms with Crippen molar-refractivity contribution in [3.63, 3.8) is 0 Å². The Morgan fingerprint density at radius 3 is 1.12 bits per heavy atom. The Balaban J connectivity index is 1.07. The molecule has 0 amide bonds. The predicted molar refractivity (Wildman–Crippen MR) is 282 cm³/mol. The van der Waals surface area contributed by atoms with Gasteiger partial charge in [-0.3, -0.25) is 9.59 Å². The summed E-state index contributed by atoms with van der Waals surface area (Å²) in [6.45, 7) is 4.38. The van der Waals surface area contributed by atoms with Crippen LogP contribution in [-0.4, -0.2) is 155 Å². The van der Waals surface area contributed by atoms with Crippen LogP contribution in [0, 0.1) is 0 Å². The Morgan fingerprint density at radius 2 is 0.789 bits per heavy atom. The molecule has 0 aliphatic carbocycles. The number of hydrogen-bond acceptors (Lipinski definition) is 16. The summed E-state index contributed by atoms with van der Waals surface area (Å²) in [7, 11) is 16.9. The molecular formula is C58H78N2O16+2. The van der Waals surface area contributed by atoms with Crippen LogP contribution in [0.5, 0.6) is 46.0 Å². The zero-order chi connectivity index (χ0) is 55.2. The molecule has 0 N–H and O–H groups in total. The van der Waals surface area contributed by atoms with Gasteiger partial charge in [-0.1, -0.05) is 12.1 Å². The molecule has 6 rings (SSSR count). The van der Waals surface area contributed by atoms with Crippen molar-refractivity contribution in [1.29, 1.82) is 0 Å². The van der Waals surface area contributed by atoms with E-state index in [0.717, 1.165) is 33.4 Å². The SMILES string of the molecule is COc1ccc(CC2c3cc(OC)c(OC)cc3CC[N+]2(C)CC(OC(C)=O)C(=O)OCCCCCCOC(=O)C(C[N+]2(C)CCc3cc(OC)c(OC)cc3C2Cc2ccc(OC)c(OC)c2)OC(C)=O)cc1OC. The molecule has 0 bridgehead atoms. The van der Waals surface area contributed by atoms with Crippen LogP contribution in [-0.2, 0) is 63.8 Å². The Bertz CT molecular complexity index is 2480. The lowest BCUT2D eigenvalue weighted by atomic mass is 9.86. The Hall–Kier alpha value is -6.92. The molecule has 4 aromatic carbocycles. The third-order valence-corrected chi connectivity index (χ3v) is 14.9. The molecule has 6 unspecified atom stereocenters. The van der Waals surface area contributed by atoms with Gasteiger partial charge in [0, 0.05) is 50.7 Å². The fourth-order valence-electron chi connectivity index (χ4n) is 10.8. The van der Waals surface area contributed by atoms with E-state index >= 15 is 0 Å². The average Bonchev–Trinajstić information content (AvgIpc) is 3.42. The molecule has 2 heterocycles. The van der Waals surface area contributed by atoms with Gasteiger partial charge < -0.3 is 65.8 Å². The molecular weight excluding hydrogens is 981 g/mol. The van der Waals surface area contributed by atoms with Crippen molar-refractivity contribution in [2.24, 2.45) is 0 Å². The highest BCUT2D eigenvalue weighted by molar-refractivity contribution is 5.79. The number of hydrogen-bond donors (Lipinski definition) is 0. The summed E-state index contributed by atoms with van der Waals surface area (Å²) in [5.41, 5.74) is 6.24. The highest BCUT2D eigenvalue weighted by atomic mass is 16.6. The Morgan fingerprint density at radius 1 is 0.461 bits per heavy atom. The zero-order valence-electron chi connectivity index (χ0n) is 46.4. The van der Waals surface area contributed by atoms with Crippen LogP contribution < -0.4 is 37.9 Å². The van der Waals surface area contributed by atoms with Crippen LogP contribution in [0.4, 0.5) is 0 Å². The number of carbonyl (C=O) groups excluding carboxylic acids is 4. The molecule has 0 saturated carbocycles. The number of ether oxygens (including phenoxy) is 12. The van der Waals surface area contributed by atoms with Gasteiger partial charge >= 0.3 is 23.9 Å². The molecule has 0 fully saturated rings. The van der Waals surface area contributed by atoms with E-state index in [-0.39, 0.29) is 38.4 Å². The molecule has 4 aromatic rings. The fraction of sp³-hybridized carbons (Fsp3) is 0.517. The smallest absolute Gasteiger partial charge is 0.353 e. The highest BCUT2D eigenvalue weighted by Gasteiger charge is 2.46. The average molecular weight is 1060 g/mol. The number of quaternary nitrogens is 2. The molecule has 2 aliphatic rings. The lowest BCUT2D eigenvalue weighted by Gasteiger charge is -2.46. The summed E-state index contributed by atoms with van der Waals surface area (Å²) >= 11 is 0. The first-order valence-electron chi connectivity index (χ1n) is 25.7. The van der Waals surface area contributed by atoms with Crippen LogP contribution >= 0.6 is 0 Å². The number of fused-ring (bicyclic) bond motifs is 2. The second-order valence-electron chi connectivity index (χ2n) is 19.8. The molecule has 18 heteroatoms. The standard InChI is InChI=1S/C58H78N2O16/c1-37(61)75-55(35-59(3)23-21-41-31-51(69-9)53(71-11)33-43(41)45(59)27-39-17-19-47(65-5)49(29-39)67-7)57(63)73-25-15-13-14-16-26-74-58(64)56(76-38(2)62)36-60(4)24-22-42-32-52(70-10)54(72-12)34-44(42)46(60)28-40-18-20-48(66-6)50(30-40)68-8/h17-20,29-34,45-46,55-56H,13-16,21-28,35-36H2,1-12H3/q+2. The summed E-state index contributed by atoms with van der Waals surface area (Å²) < 4.78 is 68.8. The van der Waals surface area contributed by atoms with Gasteiger partial charge in [0.15, 0.2) is 46.0 Å². The minimum absolute atomic E-state index is 0.103. The largest absolute Gasteiger partial charge is 0.493 e. The minimum atomic E-state index is -1.17. The van der Waals surface area contributed by atoms with Crippen molar-refractivity contribution in [2.75, 3.05) is 110 Å². The van der Waals surface area contributed by atoms with E-state index in [1.165, 1.54) is 13.8 Å². The monoisotopic (exact) mass is 1060 g/mol. The van der Waals surface area contributed by atoms with Crippen LogP contribution in [0.2, 0.25) is 0 Å². The van der Waals surface area contributed by atoms with Gasteiger partial charge in [-0.25, -0.2) is 9.59 Å². The first-order valence-corrected chi connectivity index (χ1v) is 25.7. The predicted octanol–water partition coefficient (Wildman–Crippen LogP) is 7.54. The normalized spacial score (nSPS) is 19.3. The van der Waals surface area contributed by atoms with Gasteiger partial charge in [-0.2, -0.15) is 0 Å². The number of methoxy groups -OCH3 is 8. The molecule has 414 valence electrons. The van der Waals surface area contributed by atoms with E-state index in [4.69, 9.17) is 56.8 Å². The minimum Gasteiger partial charge on any atom is -0.493 e. The van der Waals surface area contributed by atoms with E-state index in [1.807, 2.05) is 60.7 Å². The van der Waals surface area contributed by atoms with Crippen molar-refractivity contribution in [3.8, 4) is 46.0 Å². The van der Waals surface area contributed by atoms with Crippen LogP contribution in [0.3, 0.4) is 0 Å². The summed E-state index contributed by atoms with van der Waals surface area (Å²) in [5, 5.41) is 0. The third-order valence-electron chi connectivity index (χ3n) is 14.9. The number of benzene rings is 4. The second kappa shape index (κ2) is 26.7. The highest BCUT2D eigenvalue weighted by Crippen LogP contribution is 2.45. The fourth-order valence-corrected chi connectivity index (χ4v) is 10.8. The number of rotatable bonds is 27. The number of esters is 4. The van der Waals surface area contributed by atoms with Crippen molar-refractivity contribution >= 4 is 23.9 Å². The van der Waals surface area contributed by atoms with Crippen molar-refractivity contribution in [2.45, 2.75) is 89.5 Å². The second-order valence-corrected chi connectivity index (χ2v) is 19.8. The maximum Gasteiger partial charge on any atom is 0.353 e. The maximum atomic E-state index is 13.8. The van der Waals surface area contributed by atoms with Crippen molar-refractivity contribution < 1.29 is 85.0 Å². The molecule has 0 spiro atoms. The lowest BCUT2D eigenvalue weighted by molar-refractivity contribution is -0.943. The molecule has 0 aromatic heterocycles. The summed E-state index contributed by atoms with van der Waals surface area (Å²) in [6, 6.07) is 19.3. The molecule has 0 radical (unpaired) electrons. The number of unbranched alkanes of at least 4 members (excludes halogenated alkanes) is 3. The van der Waals surface area contributed by atoms with E-state index in [9.17, 15) is 19.2 Å². The maximum absolute atomic E-state index is 13.8. The van der Waals surface area contributed by atoms with E-state index < -0.39 is 36.1 Å². The third kappa shape index (κ3) is 14.1. The van der Waals surface area contributed by atoms with E-state index in [0.29, 0.717) is 119 Å². The van der Waals surface area contributed by atoms with Gasteiger partial charge in [0.05, 0.1) is 97.3 Å². The molecule has 2 aliphatic heterocycles. The van der Waals surface area contributed by atoms with Crippen molar-refractivity contribution in [1.82, 2.24) is 0 Å². The van der Waals surface area contributed by atoms with Crippen molar-refractivity contribution in [3.05, 3.63) is 94.0 Å². The summed E-state index contributed by atoms with van der Waals surface area (Å²) in [5.74, 6) is 2.42. The van der Waals surface area contributed by atoms with Gasteiger partial charge in [0.1, 0.15) is 25.2 Å². The van der Waals surface area contributed by atoms with Gasteiger partial charge in [-0.05, 0) is 96.5 Å². The molecule has 0 saturated heterocycles.